The second-order valence-corrected chi connectivity index (χ2v) is 5.01. The first kappa shape index (κ1) is 14.5. The summed E-state index contributed by atoms with van der Waals surface area (Å²) in [5.41, 5.74) is 0. The Kier molecular flexibility index (Phi) is 7.45. The van der Waals surface area contributed by atoms with Gasteiger partial charge in [0.05, 0.1) is 5.84 Å². The van der Waals surface area contributed by atoms with Crippen LogP contribution in [0.25, 0.3) is 0 Å². The summed E-state index contributed by atoms with van der Waals surface area (Å²) in [7, 11) is 2.17. The summed E-state index contributed by atoms with van der Waals surface area (Å²) < 4.78 is 0. The van der Waals surface area contributed by atoms with Gasteiger partial charge in [0.15, 0.2) is 0 Å². The predicted molar refractivity (Wildman–Crippen MR) is 69.6 cm³/mol. The highest BCUT2D eigenvalue weighted by Crippen LogP contribution is 2.07. The van der Waals surface area contributed by atoms with E-state index in [0.29, 0.717) is 12.0 Å². The van der Waals surface area contributed by atoms with Crippen LogP contribution < -0.4 is 0 Å². The molecule has 0 bridgehead atoms. The zero-order valence-corrected chi connectivity index (χ0v) is 11.4. The van der Waals surface area contributed by atoms with Crippen molar-refractivity contribution in [3.63, 3.8) is 0 Å². The predicted octanol–water partition coefficient (Wildman–Crippen LogP) is 3.57. The zero-order valence-electron chi connectivity index (χ0n) is 11.4. The fourth-order valence-electron chi connectivity index (χ4n) is 1.49. The van der Waals surface area contributed by atoms with Crippen LogP contribution in [0, 0.1) is 5.92 Å². The van der Waals surface area contributed by atoms with Gasteiger partial charge in [-0.3, -0.25) is 4.99 Å². The molecule has 90 valence electrons. The largest absolute Gasteiger partial charge is 0.363 e. The van der Waals surface area contributed by atoms with Crippen molar-refractivity contribution in [1.29, 1.82) is 0 Å². The first-order valence-electron chi connectivity index (χ1n) is 6.25. The molecule has 0 aliphatic heterocycles. The van der Waals surface area contributed by atoms with Gasteiger partial charge in [0, 0.05) is 26.1 Å². The van der Waals surface area contributed by atoms with Crippen molar-refractivity contribution < 1.29 is 0 Å². The maximum atomic E-state index is 4.71. The number of rotatable bonds is 6. The van der Waals surface area contributed by atoms with E-state index in [1.807, 2.05) is 0 Å². The van der Waals surface area contributed by atoms with Gasteiger partial charge < -0.3 is 4.90 Å². The molecule has 0 aliphatic carbocycles. The summed E-state index contributed by atoms with van der Waals surface area (Å²) in [4.78, 5) is 7.04. The molecular formula is C13H28N2. The summed E-state index contributed by atoms with van der Waals surface area (Å²) in [6.07, 6.45) is 3.60. The van der Waals surface area contributed by atoms with Crippen molar-refractivity contribution in [2.75, 3.05) is 13.6 Å². The minimum Gasteiger partial charge on any atom is -0.363 e. The van der Waals surface area contributed by atoms with Gasteiger partial charge in [-0.25, -0.2) is 0 Å². The Morgan fingerprint density at radius 2 is 1.80 bits per heavy atom. The smallest absolute Gasteiger partial charge is 0.0992 e. The Balaban J connectivity index is 4.34. The molecule has 0 heterocycles. The highest BCUT2D eigenvalue weighted by molar-refractivity contribution is 5.82. The van der Waals surface area contributed by atoms with Crippen molar-refractivity contribution in [3.05, 3.63) is 0 Å². The number of unbranched alkanes of at least 4 members (excludes halogenated alkanes) is 1. The molecule has 2 heteroatoms. The number of hydrogen-bond acceptors (Lipinski definition) is 1. The maximum Gasteiger partial charge on any atom is 0.0992 e. The fraction of sp³-hybridized carbons (Fsp3) is 0.923. The van der Waals surface area contributed by atoms with Crippen LogP contribution in [0.2, 0.25) is 0 Å². The third-order valence-electron chi connectivity index (χ3n) is 2.29. The average Bonchev–Trinajstić information content (AvgIpc) is 2.11. The fourth-order valence-corrected chi connectivity index (χ4v) is 1.49. The number of amidine groups is 1. The van der Waals surface area contributed by atoms with E-state index in [1.54, 1.807) is 0 Å². The van der Waals surface area contributed by atoms with Gasteiger partial charge in [-0.15, -0.1) is 0 Å². The van der Waals surface area contributed by atoms with E-state index in [-0.39, 0.29) is 0 Å². The molecule has 0 aromatic carbocycles. The van der Waals surface area contributed by atoms with Gasteiger partial charge in [0.25, 0.3) is 0 Å². The zero-order chi connectivity index (χ0) is 11.8. The van der Waals surface area contributed by atoms with Gasteiger partial charge in [0.2, 0.25) is 0 Å². The number of aliphatic imine (C=N–C) groups is 1. The summed E-state index contributed by atoms with van der Waals surface area (Å²) >= 11 is 0. The third-order valence-corrected chi connectivity index (χ3v) is 2.29. The summed E-state index contributed by atoms with van der Waals surface area (Å²) in [5.74, 6) is 1.96. The molecule has 2 nitrogen and oxygen atoms in total. The minimum absolute atomic E-state index is 0.405. The SMILES string of the molecule is CCCCN(C)C(CC(C)C)=NC(C)C. The molecule has 0 saturated carbocycles. The normalized spacial score (nSPS) is 12.7. The van der Waals surface area contributed by atoms with E-state index in [1.165, 1.54) is 18.7 Å². The highest BCUT2D eigenvalue weighted by Gasteiger charge is 2.08. The van der Waals surface area contributed by atoms with Crippen LogP contribution in [0.15, 0.2) is 4.99 Å². The monoisotopic (exact) mass is 212 g/mol. The van der Waals surface area contributed by atoms with Gasteiger partial charge in [-0.05, 0) is 26.2 Å². The average molecular weight is 212 g/mol. The van der Waals surface area contributed by atoms with Crippen LogP contribution in [-0.2, 0) is 0 Å². The molecule has 15 heavy (non-hydrogen) atoms. The minimum atomic E-state index is 0.405. The molecule has 0 unspecified atom stereocenters. The Morgan fingerprint density at radius 1 is 1.20 bits per heavy atom. The molecule has 0 aliphatic rings. The Bertz CT molecular complexity index is 183. The van der Waals surface area contributed by atoms with Crippen molar-refractivity contribution in [1.82, 2.24) is 4.90 Å². The topological polar surface area (TPSA) is 15.6 Å². The number of nitrogens with zero attached hydrogens (tertiary/aromatic N) is 2. The summed E-state index contributed by atoms with van der Waals surface area (Å²) in [5, 5.41) is 0. The second-order valence-electron chi connectivity index (χ2n) is 5.01. The lowest BCUT2D eigenvalue weighted by molar-refractivity contribution is 0.458. The number of hydrogen-bond donors (Lipinski definition) is 0. The molecule has 0 spiro atoms. The molecule has 0 radical (unpaired) electrons. The van der Waals surface area contributed by atoms with E-state index in [4.69, 9.17) is 4.99 Å². The van der Waals surface area contributed by atoms with Crippen molar-refractivity contribution in [3.8, 4) is 0 Å². The van der Waals surface area contributed by atoms with Crippen molar-refractivity contribution in [2.45, 2.75) is 59.9 Å². The Hall–Kier alpha value is -0.530. The molecule has 0 fully saturated rings. The summed E-state index contributed by atoms with van der Waals surface area (Å²) in [6.45, 7) is 12.2. The molecular weight excluding hydrogens is 184 g/mol. The van der Waals surface area contributed by atoms with Gasteiger partial charge >= 0.3 is 0 Å². The first-order chi connectivity index (χ1) is 6.97. The van der Waals surface area contributed by atoms with E-state index >= 15 is 0 Å². The lowest BCUT2D eigenvalue weighted by Crippen LogP contribution is -2.29. The van der Waals surface area contributed by atoms with Crippen LogP contribution in [-0.4, -0.2) is 30.4 Å². The van der Waals surface area contributed by atoms with Crippen LogP contribution in [0.5, 0.6) is 0 Å². The maximum absolute atomic E-state index is 4.71. The van der Waals surface area contributed by atoms with Crippen molar-refractivity contribution >= 4 is 5.84 Å². The van der Waals surface area contributed by atoms with Gasteiger partial charge in [-0.1, -0.05) is 27.2 Å². The Labute approximate surface area is 95.8 Å². The van der Waals surface area contributed by atoms with Crippen LogP contribution in [0.3, 0.4) is 0 Å². The molecule has 0 amide bonds. The van der Waals surface area contributed by atoms with E-state index in [9.17, 15) is 0 Å². The first-order valence-corrected chi connectivity index (χ1v) is 6.25. The highest BCUT2D eigenvalue weighted by atomic mass is 15.2. The van der Waals surface area contributed by atoms with Gasteiger partial charge in [0.1, 0.15) is 0 Å². The molecule has 0 saturated heterocycles. The van der Waals surface area contributed by atoms with Crippen molar-refractivity contribution in [2.24, 2.45) is 10.9 Å². The molecule has 0 aromatic rings. The van der Waals surface area contributed by atoms with Gasteiger partial charge in [-0.2, -0.15) is 0 Å². The quantitative estimate of drug-likeness (QED) is 0.485. The van der Waals surface area contributed by atoms with Crippen LogP contribution in [0.1, 0.15) is 53.9 Å². The molecule has 0 rings (SSSR count). The lowest BCUT2D eigenvalue weighted by atomic mass is 10.1. The van der Waals surface area contributed by atoms with Crippen LogP contribution in [0.4, 0.5) is 0 Å². The van der Waals surface area contributed by atoms with E-state index in [2.05, 4.69) is 46.6 Å². The summed E-state index contributed by atoms with van der Waals surface area (Å²) in [6, 6.07) is 0.405. The molecule has 0 N–H and O–H groups in total. The third kappa shape index (κ3) is 7.40. The molecule has 0 atom stereocenters. The van der Waals surface area contributed by atoms with E-state index in [0.717, 1.165) is 13.0 Å². The second kappa shape index (κ2) is 7.72. The standard InChI is InChI=1S/C13H28N2/c1-7-8-9-15(6)13(10-11(2)3)14-12(4)5/h11-12H,7-10H2,1-6H3. The lowest BCUT2D eigenvalue weighted by Gasteiger charge is -2.23. The Morgan fingerprint density at radius 3 is 2.20 bits per heavy atom. The van der Waals surface area contributed by atoms with Crippen LogP contribution >= 0.6 is 0 Å². The van der Waals surface area contributed by atoms with E-state index < -0.39 is 0 Å². The molecule has 0 aromatic heterocycles.